The predicted molar refractivity (Wildman–Crippen MR) is 37.9 cm³/mol. The molecule has 0 aromatic heterocycles. The van der Waals surface area contributed by atoms with Crippen molar-refractivity contribution >= 4 is 5.97 Å². The Morgan fingerprint density at radius 2 is 2.18 bits per heavy atom. The molecule has 2 atom stereocenters. The summed E-state index contributed by atoms with van der Waals surface area (Å²) in [5.74, 6) is -1.19. The summed E-state index contributed by atoms with van der Waals surface area (Å²) in [6.07, 6.45) is -1.22. The molecule has 0 rings (SSSR count). The van der Waals surface area contributed by atoms with Gasteiger partial charge in [-0.1, -0.05) is 0 Å². The van der Waals surface area contributed by atoms with Crippen molar-refractivity contribution in [3.8, 4) is 0 Å². The van der Waals surface area contributed by atoms with Crippen molar-refractivity contribution in [3.63, 3.8) is 0 Å². The Bertz CT molecular complexity index is 146. The molecule has 11 heavy (non-hydrogen) atoms. The standard InChI is InChI=1S/C6H13NO4/c1-6(7,5(10)11)2-4(9)3-8/h4,8-9H,2-3,7H2,1H3,(H,10,11). The SMILES string of the molecule is CC(N)(CC(O)CO)C(=O)O. The summed E-state index contributed by atoms with van der Waals surface area (Å²) in [7, 11) is 0. The minimum Gasteiger partial charge on any atom is -0.480 e. The van der Waals surface area contributed by atoms with Crippen molar-refractivity contribution in [1.82, 2.24) is 0 Å². The van der Waals surface area contributed by atoms with E-state index < -0.39 is 24.2 Å². The summed E-state index contributed by atoms with van der Waals surface area (Å²) < 4.78 is 0. The van der Waals surface area contributed by atoms with Crippen LogP contribution in [0.2, 0.25) is 0 Å². The second kappa shape index (κ2) is 3.66. The maximum Gasteiger partial charge on any atom is 0.323 e. The van der Waals surface area contributed by atoms with Crippen molar-refractivity contribution in [2.75, 3.05) is 6.61 Å². The van der Waals surface area contributed by atoms with E-state index in [9.17, 15) is 4.79 Å². The Morgan fingerprint density at radius 1 is 1.73 bits per heavy atom. The second-order valence-electron chi connectivity index (χ2n) is 2.76. The number of rotatable bonds is 4. The lowest BCUT2D eigenvalue weighted by atomic mass is 9.96. The number of aliphatic hydroxyl groups is 2. The number of carbonyl (C=O) groups is 1. The molecular weight excluding hydrogens is 150 g/mol. The van der Waals surface area contributed by atoms with Crippen molar-refractivity contribution < 1.29 is 20.1 Å². The summed E-state index contributed by atoms with van der Waals surface area (Å²) in [5.41, 5.74) is 3.80. The van der Waals surface area contributed by atoms with Crippen LogP contribution in [0.15, 0.2) is 0 Å². The van der Waals surface area contributed by atoms with E-state index in [0.29, 0.717) is 0 Å². The summed E-state index contributed by atoms with van der Waals surface area (Å²) in [6.45, 7) is 0.814. The Kier molecular flexibility index (Phi) is 3.44. The van der Waals surface area contributed by atoms with Crippen LogP contribution in [0.5, 0.6) is 0 Å². The Balaban J connectivity index is 4.01. The van der Waals surface area contributed by atoms with Gasteiger partial charge in [-0.2, -0.15) is 0 Å². The first-order valence-corrected chi connectivity index (χ1v) is 3.21. The van der Waals surface area contributed by atoms with Gasteiger partial charge in [0, 0.05) is 6.42 Å². The van der Waals surface area contributed by atoms with E-state index in [1.54, 1.807) is 0 Å². The van der Waals surface area contributed by atoms with Crippen LogP contribution in [0.4, 0.5) is 0 Å². The molecule has 5 heteroatoms. The highest BCUT2D eigenvalue weighted by molar-refractivity contribution is 5.77. The van der Waals surface area contributed by atoms with Gasteiger partial charge in [0.1, 0.15) is 5.54 Å². The molecule has 0 bridgehead atoms. The van der Waals surface area contributed by atoms with E-state index in [0.717, 1.165) is 0 Å². The highest BCUT2D eigenvalue weighted by Crippen LogP contribution is 2.08. The zero-order chi connectivity index (χ0) is 9.07. The number of carboxylic acids is 1. The molecule has 0 fully saturated rings. The fourth-order valence-electron chi connectivity index (χ4n) is 0.641. The first-order chi connectivity index (χ1) is 4.90. The first kappa shape index (κ1) is 10.3. The highest BCUT2D eigenvalue weighted by atomic mass is 16.4. The third-order valence-corrected chi connectivity index (χ3v) is 1.36. The average Bonchev–Trinajstić information content (AvgIpc) is 1.86. The minimum absolute atomic E-state index is 0.154. The van der Waals surface area contributed by atoms with Gasteiger partial charge in [0.25, 0.3) is 0 Å². The minimum atomic E-state index is -1.47. The van der Waals surface area contributed by atoms with Crippen molar-refractivity contribution in [1.29, 1.82) is 0 Å². The molecule has 0 aromatic rings. The van der Waals surface area contributed by atoms with Gasteiger partial charge >= 0.3 is 5.97 Å². The van der Waals surface area contributed by atoms with Crippen LogP contribution in [0, 0.1) is 0 Å². The summed E-state index contributed by atoms with van der Waals surface area (Å²) in [6, 6.07) is 0. The highest BCUT2D eigenvalue weighted by Gasteiger charge is 2.30. The molecule has 0 aliphatic heterocycles. The fraction of sp³-hybridized carbons (Fsp3) is 0.833. The maximum absolute atomic E-state index is 10.4. The van der Waals surface area contributed by atoms with Crippen LogP contribution < -0.4 is 5.73 Å². The van der Waals surface area contributed by atoms with Crippen LogP contribution in [-0.2, 0) is 4.79 Å². The van der Waals surface area contributed by atoms with Gasteiger partial charge in [0.05, 0.1) is 12.7 Å². The fourth-order valence-corrected chi connectivity index (χ4v) is 0.641. The van der Waals surface area contributed by atoms with Gasteiger partial charge in [-0.3, -0.25) is 4.79 Å². The van der Waals surface area contributed by atoms with Gasteiger partial charge in [-0.05, 0) is 6.92 Å². The molecular formula is C6H13NO4. The molecule has 66 valence electrons. The molecule has 5 N–H and O–H groups in total. The summed E-state index contributed by atoms with van der Waals surface area (Å²) in [4.78, 5) is 10.4. The zero-order valence-electron chi connectivity index (χ0n) is 6.32. The van der Waals surface area contributed by atoms with Crippen LogP contribution in [-0.4, -0.2) is 39.5 Å². The molecule has 0 aliphatic rings. The molecule has 0 aromatic carbocycles. The van der Waals surface area contributed by atoms with Gasteiger partial charge in [0.15, 0.2) is 0 Å². The number of carboxylic acid groups (broad SMARTS) is 1. The second-order valence-corrected chi connectivity index (χ2v) is 2.76. The van der Waals surface area contributed by atoms with E-state index in [1.165, 1.54) is 6.92 Å². The molecule has 0 radical (unpaired) electrons. The molecule has 5 nitrogen and oxygen atoms in total. The smallest absolute Gasteiger partial charge is 0.323 e. The first-order valence-electron chi connectivity index (χ1n) is 3.21. The van der Waals surface area contributed by atoms with Gasteiger partial charge in [-0.25, -0.2) is 0 Å². The van der Waals surface area contributed by atoms with Crippen LogP contribution in [0.25, 0.3) is 0 Å². The lowest BCUT2D eigenvalue weighted by Gasteiger charge is -2.21. The van der Waals surface area contributed by atoms with Crippen molar-refractivity contribution in [3.05, 3.63) is 0 Å². The lowest BCUT2D eigenvalue weighted by molar-refractivity contribution is -0.144. The van der Waals surface area contributed by atoms with Crippen LogP contribution in [0.1, 0.15) is 13.3 Å². The predicted octanol–water partition coefficient (Wildman–Crippen LogP) is -1.47. The monoisotopic (exact) mass is 163 g/mol. The zero-order valence-corrected chi connectivity index (χ0v) is 6.32. The summed E-state index contributed by atoms with van der Waals surface area (Å²) in [5, 5.41) is 25.7. The Morgan fingerprint density at radius 3 is 2.45 bits per heavy atom. The summed E-state index contributed by atoms with van der Waals surface area (Å²) >= 11 is 0. The third-order valence-electron chi connectivity index (χ3n) is 1.36. The van der Waals surface area contributed by atoms with E-state index in [-0.39, 0.29) is 6.42 Å². The largest absolute Gasteiger partial charge is 0.480 e. The molecule has 0 saturated heterocycles. The Labute approximate surface area is 64.4 Å². The number of aliphatic hydroxyl groups excluding tert-OH is 2. The van der Waals surface area contributed by atoms with Crippen LogP contribution in [0.3, 0.4) is 0 Å². The molecule has 0 aliphatic carbocycles. The number of aliphatic carboxylic acids is 1. The van der Waals surface area contributed by atoms with Crippen molar-refractivity contribution in [2.45, 2.75) is 25.0 Å². The van der Waals surface area contributed by atoms with Crippen LogP contribution >= 0.6 is 0 Å². The van der Waals surface area contributed by atoms with E-state index in [1.807, 2.05) is 0 Å². The molecule has 0 heterocycles. The maximum atomic E-state index is 10.4. The number of hydrogen-bond acceptors (Lipinski definition) is 4. The lowest BCUT2D eigenvalue weighted by Crippen LogP contribution is -2.47. The average molecular weight is 163 g/mol. The van der Waals surface area contributed by atoms with Gasteiger partial charge < -0.3 is 21.1 Å². The number of nitrogens with two attached hydrogens (primary N) is 1. The Hall–Kier alpha value is -0.650. The van der Waals surface area contributed by atoms with E-state index >= 15 is 0 Å². The molecule has 2 unspecified atom stereocenters. The quantitative estimate of drug-likeness (QED) is 0.405. The van der Waals surface area contributed by atoms with E-state index in [4.69, 9.17) is 21.1 Å². The van der Waals surface area contributed by atoms with Crippen molar-refractivity contribution in [2.24, 2.45) is 5.73 Å². The normalized spacial score (nSPS) is 18.9. The van der Waals surface area contributed by atoms with Gasteiger partial charge in [0.2, 0.25) is 0 Å². The third kappa shape index (κ3) is 3.31. The molecule has 0 spiro atoms. The number of hydrogen-bond donors (Lipinski definition) is 4. The van der Waals surface area contributed by atoms with Gasteiger partial charge in [-0.15, -0.1) is 0 Å². The topological polar surface area (TPSA) is 104 Å². The van der Waals surface area contributed by atoms with E-state index in [2.05, 4.69) is 0 Å². The molecule has 0 amide bonds. The molecule has 0 saturated carbocycles.